The van der Waals surface area contributed by atoms with Gasteiger partial charge in [-0.2, -0.15) is 0 Å². The molecule has 1 aromatic rings. The Balaban J connectivity index is 2.04. The number of rotatable bonds is 3. The second kappa shape index (κ2) is 7.31. The van der Waals surface area contributed by atoms with Crippen LogP contribution in [0.2, 0.25) is 0 Å². The molecule has 5 heteroatoms. The third kappa shape index (κ3) is 4.11. The van der Waals surface area contributed by atoms with Gasteiger partial charge in [-0.1, -0.05) is 12.2 Å². The van der Waals surface area contributed by atoms with Crippen LogP contribution in [0.5, 0.6) is 0 Å². The van der Waals surface area contributed by atoms with Crippen molar-refractivity contribution in [3.63, 3.8) is 0 Å². The number of hydrogen-bond donors (Lipinski definition) is 0. The summed E-state index contributed by atoms with van der Waals surface area (Å²) < 4.78 is 26.9. The first-order valence-corrected chi connectivity index (χ1v) is 7.19. The first-order chi connectivity index (χ1) is 10.1. The van der Waals surface area contributed by atoms with Crippen molar-refractivity contribution in [2.75, 3.05) is 32.7 Å². The van der Waals surface area contributed by atoms with Crippen molar-refractivity contribution in [3.05, 3.63) is 47.5 Å². The fraction of sp³-hybridized carbons (Fsp3) is 0.438. The predicted molar refractivity (Wildman–Crippen MR) is 78.1 cm³/mol. The Hall–Kier alpha value is -1.75. The van der Waals surface area contributed by atoms with E-state index in [1.807, 2.05) is 13.0 Å². The summed E-state index contributed by atoms with van der Waals surface area (Å²) in [6.45, 7) is 5.58. The van der Waals surface area contributed by atoms with Gasteiger partial charge in [0.2, 0.25) is 0 Å². The lowest BCUT2D eigenvalue weighted by molar-refractivity contribution is 0.0757. The van der Waals surface area contributed by atoms with Crippen molar-refractivity contribution in [1.29, 1.82) is 0 Å². The van der Waals surface area contributed by atoms with E-state index in [0.29, 0.717) is 13.1 Å². The van der Waals surface area contributed by atoms with Crippen LogP contribution in [0.25, 0.3) is 0 Å². The first-order valence-electron chi connectivity index (χ1n) is 7.19. The summed E-state index contributed by atoms with van der Waals surface area (Å²) >= 11 is 0. The molecule has 0 aromatic heterocycles. The second-order valence-electron chi connectivity index (χ2n) is 5.14. The van der Waals surface area contributed by atoms with E-state index >= 15 is 0 Å². The molecule has 1 fully saturated rings. The Morgan fingerprint density at radius 3 is 2.81 bits per heavy atom. The van der Waals surface area contributed by atoms with E-state index in [4.69, 9.17) is 0 Å². The lowest BCUT2D eigenvalue weighted by atomic mass is 10.1. The molecule has 0 spiro atoms. The van der Waals surface area contributed by atoms with Gasteiger partial charge >= 0.3 is 0 Å². The summed E-state index contributed by atoms with van der Waals surface area (Å²) in [7, 11) is 0. The Morgan fingerprint density at radius 2 is 2.05 bits per heavy atom. The van der Waals surface area contributed by atoms with Gasteiger partial charge < -0.3 is 4.90 Å². The molecule has 1 aromatic carbocycles. The average molecular weight is 294 g/mol. The van der Waals surface area contributed by atoms with Gasteiger partial charge in [-0.25, -0.2) is 8.78 Å². The summed E-state index contributed by atoms with van der Waals surface area (Å²) in [5.74, 6) is -1.69. The zero-order valence-electron chi connectivity index (χ0n) is 12.2. The van der Waals surface area contributed by atoms with E-state index < -0.39 is 17.5 Å². The van der Waals surface area contributed by atoms with Crippen molar-refractivity contribution in [2.45, 2.75) is 13.3 Å². The molecule has 1 aliphatic rings. The van der Waals surface area contributed by atoms with E-state index in [-0.39, 0.29) is 5.56 Å². The molecule has 0 bridgehead atoms. The minimum absolute atomic E-state index is 0.183. The maximum absolute atomic E-state index is 13.7. The number of carbonyl (C=O) groups excluding carboxylic acids is 1. The summed E-state index contributed by atoms with van der Waals surface area (Å²) in [4.78, 5) is 16.2. The number of halogens is 2. The highest BCUT2D eigenvalue weighted by molar-refractivity contribution is 5.94. The normalized spacial score (nSPS) is 17.2. The van der Waals surface area contributed by atoms with Gasteiger partial charge in [-0.15, -0.1) is 0 Å². The molecule has 0 saturated carbocycles. The Labute approximate surface area is 123 Å². The van der Waals surface area contributed by atoms with Gasteiger partial charge in [0.25, 0.3) is 5.91 Å². The SMILES string of the molecule is C/C=C/CN1CCCN(C(=O)c2cc(F)ccc2F)CC1. The second-order valence-corrected chi connectivity index (χ2v) is 5.14. The molecule has 114 valence electrons. The lowest BCUT2D eigenvalue weighted by Crippen LogP contribution is -2.35. The maximum Gasteiger partial charge on any atom is 0.256 e. The standard InChI is InChI=1S/C16H20F2N2O/c1-2-3-7-19-8-4-9-20(11-10-19)16(21)14-12-13(17)5-6-15(14)18/h2-3,5-6,12H,4,7-11H2,1H3/b3-2+. The summed E-state index contributed by atoms with van der Waals surface area (Å²) in [6.07, 6.45) is 4.90. The van der Waals surface area contributed by atoms with Gasteiger partial charge in [0.1, 0.15) is 11.6 Å². The molecule has 3 nitrogen and oxygen atoms in total. The third-order valence-electron chi connectivity index (χ3n) is 3.63. The van der Waals surface area contributed by atoms with E-state index in [1.54, 1.807) is 4.90 Å². The summed E-state index contributed by atoms with van der Waals surface area (Å²) in [5, 5.41) is 0. The van der Waals surface area contributed by atoms with Crippen molar-refractivity contribution < 1.29 is 13.6 Å². The molecule has 21 heavy (non-hydrogen) atoms. The molecule has 1 saturated heterocycles. The van der Waals surface area contributed by atoms with Crippen LogP contribution in [0.15, 0.2) is 30.4 Å². The van der Waals surface area contributed by atoms with Crippen molar-refractivity contribution in [2.24, 2.45) is 0 Å². The highest BCUT2D eigenvalue weighted by atomic mass is 19.1. The molecule has 0 N–H and O–H groups in total. The van der Waals surface area contributed by atoms with Gasteiger partial charge in [0.15, 0.2) is 0 Å². The zero-order chi connectivity index (χ0) is 15.2. The minimum Gasteiger partial charge on any atom is -0.337 e. The van der Waals surface area contributed by atoms with Crippen molar-refractivity contribution >= 4 is 5.91 Å². The molecule has 2 rings (SSSR count). The smallest absolute Gasteiger partial charge is 0.256 e. The molecule has 1 amide bonds. The number of carbonyl (C=O) groups is 1. The Morgan fingerprint density at radius 1 is 1.24 bits per heavy atom. The van der Waals surface area contributed by atoms with E-state index in [9.17, 15) is 13.6 Å². The monoisotopic (exact) mass is 294 g/mol. The molecule has 0 atom stereocenters. The highest BCUT2D eigenvalue weighted by Gasteiger charge is 2.22. The molecular weight excluding hydrogens is 274 g/mol. The van der Waals surface area contributed by atoms with Crippen LogP contribution in [0.3, 0.4) is 0 Å². The van der Waals surface area contributed by atoms with Crippen molar-refractivity contribution in [3.8, 4) is 0 Å². The van der Waals surface area contributed by atoms with E-state index in [1.165, 1.54) is 0 Å². The van der Waals surface area contributed by atoms with Gasteiger partial charge in [0.05, 0.1) is 5.56 Å². The lowest BCUT2D eigenvalue weighted by Gasteiger charge is -2.21. The highest BCUT2D eigenvalue weighted by Crippen LogP contribution is 2.14. The quantitative estimate of drug-likeness (QED) is 0.800. The van der Waals surface area contributed by atoms with Crippen LogP contribution < -0.4 is 0 Å². The Bertz CT molecular complexity index is 531. The van der Waals surface area contributed by atoms with E-state index in [2.05, 4.69) is 11.0 Å². The number of hydrogen-bond acceptors (Lipinski definition) is 2. The number of nitrogens with zero attached hydrogens (tertiary/aromatic N) is 2. The van der Waals surface area contributed by atoms with Crippen LogP contribution in [-0.2, 0) is 0 Å². The van der Waals surface area contributed by atoms with Gasteiger partial charge in [-0.05, 0) is 31.5 Å². The fourth-order valence-electron chi connectivity index (χ4n) is 2.44. The van der Waals surface area contributed by atoms with Crippen LogP contribution in [-0.4, -0.2) is 48.4 Å². The molecule has 0 aliphatic carbocycles. The minimum atomic E-state index is -0.670. The van der Waals surface area contributed by atoms with Crippen LogP contribution in [0.4, 0.5) is 8.78 Å². The molecule has 0 radical (unpaired) electrons. The largest absolute Gasteiger partial charge is 0.337 e. The molecule has 0 unspecified atom stereocenters. The Kier molecular flexibility index (Phi) is 5.44. The van der Waals surface area contributed by atoms with Crippen LogP contribution >= 0.6 is 0 Å². The summed E-state index contributed by atoms with van der Waals surface area (Å²) in [6, 6.07) is 2.99. The van der Waals surface area contributed by atoms with Crippen LogP contribution in [0.1, 0.15) is 23.7 Å². The zero-order valence-corrected chi connectivity index (χ0v) is 12.2. The fourth-order valence-corrected chi connectivity index (χ4v) is 2.44. The number of benzene rings is 1. The molecular formula is C16H20F2N2O. The maximum atomic E-state index is 13.7. The number of amides is 1. The summed E-state index contributed by atoms with van der Waals surface area (Å²) in [5.41, 5.74) is -0.183. The van der Waals surface area contributed by atoms with E-state index in [0.717, 1.165) is 44.3 Å². The topological polar surface area (TPSA) is 23.6 Å². The number of allylic oxidation sites excluding steroid dienone is 1. The predicted octanol–water partition coefficient (Wildman–Crippen LogP) is 2.69. The average Bonchev–Trinajstić information content (AvgIpc) is 2.72. The molecule has 1 heterocycles. The first kappa shape index (κ1) is 15.6. The van der Waals surface area contributed by atoms with Crippen LogP contribution in [0, 0.1) is 11.6 Å². The van der Waals surface area contributed by atoms with Crippen molar-refractivity contribution in [1.82, 2.24) is 9.80 Å². The van der Waals surface area contributed by atoms with Gasteiger partial charge in [0, 0.05) is 32.7 Å². The van der Waals surface area contributed by atoms with Gasteiger partial charge in [-0.3, -0.25) is 9.69 Å². The molecule has 1 aliphatic heterocycles. The third-order valence-corrected chi connectivity index (χ3v) is 3.63.